The lowest BCUT2D eigenvalue weighted by atomic mass is 9.98. The molecular formula is C24H25N3O2. The number of hydrogen-bond donors (Lipinski definition) is 1. The van der Waals surface area contributed by atoms with Gasteiger partial charge in [0.25, 0.3) is 0 Å². The van der Waals surface area contributed by atoms with E-state index in [9.17, 15) is 9.90 Å². The maximum atomic E-state index is 11.5. The van der Waals surface area contributed by atoms with Crippen molar-refractivity contribution in [2.45, 2.75) is 33.2 Å². The molecule has 0 atom stereocenters. The maximum absolute atomic E-state index is 11.5. The van der Waals surface area contributed by atoms with Crippen molar-refractivity contribution in [2.24, 2.45) is 0 Å². The van der Waals surface area contributed by atoms with Gasteiger partial charge in [-0.25, -0.2) is 14.5 Å². The second kappa shape index (κ2) is 9.64. The SMILES string of the molecule is C/C=C/Cc1nc(Cc2ccc(-c3ccccc3C(=O)O)cc2)n(C/C=C/C)n1. The number of aromatic carboxylic acids is 1. The van der Waals surface area contributed by atoms with Crippen molar-refractivity contribution in [3.8, 4) is 11.1 Å². The molecule has 2 aromatic carbocycles. The van der Waals surface area contributed by atoms with E-state index < -0.39 is 5.97 Å². The highest BCUT2D eigenvalue weighted by Gasteiger charge is 2.12. The number of carboxylic acids is 1. The standard InChI is InChI=1S/C24H25N3O2/c1-3-5-11-22-25-23(27(26-22)16-6-4-2)17-18-12-14-19(15-13-18)20-9-7-8-10-21(20)24(28)29/h3-10,12-15H,11,16-17H2,1-2H3,(H,28,29)/b5-3+,6-4+. The molecule has 0 saturated carbocycles. The average Bonchev–Trinajstić information content (AvgIpc) is 3.12. The fraction of sp³-hybridized carbons (Fsp3) is 0.208. The van der Waals surface area contributed by atoms with Gasteiger partial charge in [-0.3, -0.25) is 0 Å². The van der Waals surface area contributed by atoms with E-state index in [0.717, 1.165) is 34.8 Å². The Morgan fingerprint density at radius 2 is 1.76 bits per heavy atom. The van der Waals surface area contributed by atoms with Crippen LogP contribution < -0.4 is 0 Å². The Hall–Kier alpha value is -3.47. The second-order valence-corrected chi connectivity index (χ2v) is 6.69. The predicted molar refractivity (Wildman–Crippen MR) is 115 cm³/mol. The van der Waals surface area contributed by atoms with Crippen molar-refractivity contribution < 1.29 is 9.90 Å². The number of carbonyl (C=O) groups is 1. The molecule has 1 N–H and O–H groups in total. The molecule has 5 nitrogen and oxygen atoms in total. The largest absolute Gasteiger partial charge is 0.478 e. The Balaban J connectivity index is 1.84. The van der Waals surface area contributed by atoms with Gasteiger partial charge < -0.3 is 5.11 Å². The lowest BCUT2D eigenvalue weighted by molar-refractivity contribution is 0.0697. The van der Waals surface area contributed by atoms with E-state index in [1.165, 1.54) is 0 Å². The van der Waals surface area contributed by atoms with Gasteiger partial charge in [-0.2, -0.15) is 5.10 Å². The Kier molecular flexibility index (Phi) is 6.74. The fourth-order valence-corrected chi connectivity index (χ4v) is 3.12. The van der Waals surface area contributed by atoms with E-state index in [1.807, 2.05) is 73.2 Å². The molecule has 0 fully saturated rings. The summed E-state index contributed by atoms with van der Waals surface area (Å²) in [6.07, 6.45) is 9.50. The zero-order chi connectivity index (χ0) is 20.6. The minimum atomic E-state index is -0.921. The van der Waals surface area contributed by atoms with Gasteiger partial charge in [0.15, 0.2) is 5.82 Å². The molecule has 1 aromatic heterocycles. The molecule has 0 aliphatic rings. The summed E-state index contributed by atoms with van der Waals surface area (Å²) in [5.74, 6) is 0.811. The summed E-state index contributed by atoms with van der Waals surface area (Å²) in [5, 5.41) is 14.0. The zero-order valence-corrected chi connectivity index (χ0v) is 16.7. The highest BCUT2D eigenvalue weighted by molar-refractivity contribution is 5.95. The molecular weight excluding hydrogens is 362 g/mol. The molecule has 0 amide bonds. The third-order valence-corrected chi connectivity index (χ3v) is 4.63. The van der Waals surface area contributed by atoms with Crippen LogP contribution in [0.15, 0.2) is 72.8 Å². The molecule has 0 spiro atoms. The third kappa shape index (κ3) is 5.08. The summed E-state index contributed by atoms with van der Waals surface area (Å²) in [6, 6.07) is 15.0. The van der Waals surface area contributed by atoms with Gasteiger partial charge in [0.05, 0.1) is 12.1 Å². The molecule has 148 valence electrons. The van der Waals surface area contributed by atoms with E-state index in [2.05, 4.69) is 11.2 Å². The van der Waals surface area contributed by atoms with Crippen LogP contribution in [0.5, 0.6) is 0 Å². The summed E-state index contributed by atoms with van der Waals surface area (Å²) in [5.41, 5.74) is 3.01. The molecule has 5 heteroatoms. The maximum Gasteiger partial charge on any atom is 0.336 e. The van der Waals surface area contributed by atoms with Gasteiger partial charge in [-0.05, 0) is 36.6 Å². The van der Waals surface area contributed by atoms with Gasteiger partial charge in [0.2, 0.25) is 0 Å². The van der Waals surface area contributed by atoms with Crippen molar-refractivity contribution in [3.63, 3.8) is 0 Å². The van der Waals surface area contributed by atoms with E-state index in [4.69, 9.17) is 4.98 Å². The molecule has 0 bridgehead atoms. The van der Waals surface area contributed by atoms with Crippen LogP contribution in [-0.2, 0) is 19.4 Å². The van der Waals surface area contributed by atoms with Gasteiger partial charge in [-0.1, -0.05) is 66.8 Å². The molecule has 0 aliphatic heterocycles. The summed E-state index contributed by atoms with van der Waals surface area (Å²) >= 11 is 0. The number of aromatic nitrogens is 3. The van der Waals surface area contributed by atoms with Crippen LogP contribution in [-0.4, -0.2) is 25.8 Å². The minimum Gasteiger partial charge on any atom is -0.478 e. The number of rotatable bonds is 8. The van der Waals surface area contributed by atoms with Gasteiger partial charge in [-0.15, -0.1) is 0 Å². The van der Waals surface area contributed by atoms with E-state index >= 15 is 0 Å². The molecule has 0 saturated heterocycles. The first-order valence-corrected chi connectivity index (χ1v) is 9.69. The smallest absolute Gasteiger partial charge is 0.336 e. The Morgan fingerprint density at radius 1 is 1.03 bits per heavy atom. The summed E-state index contributed by atoms with van der Waals surface area (Å²) in [6.45, 7) is 4.67. The average molecular weight is 387 g/mol. The van der Waals surface area contributed by atoms with Gasteiger partial charge in [0, 0.05) is 12.8 Å². The monoisotopic (exact) mass is 387 g/mol. The van der Waals surface area contributed by atoms with Crippen molar-refractivity contribution >= 4 is 5.97 Å². The molecule has 29 heavy (non-hydrogen) atoms. The highest BCUT2D eigenvalue weighted by Crippen LogP contribution is 2.24. The lowest BCUT2D eigenvalue weighted by Crippen LogP contribution is -2.05. The van der Waals surface area contributed by atoms with Crippen molar-refractivity contribution in [1.29, 1.82) is 0 Å². The first kappa shape index (κ1) is 20.3. The second-order valence-electron chi connectivity index (χ2n) is 6.69. The Bertz CT molecular complexity index is 1030. The third-order valence-electron chi connectivity index (χ3n) is 4.63. The van der Waals surface area contributed by atoms with Crippen molar-refractivity contribution in [1.82, 2.24) is 14.8 Å². The van der Waals surface area contributed by atoms with Crippen LogP contribution in [0.25, 0.3) is 11.1 Å². The fourth-order valence-electron chi connectivity index (χ4n) is 3.12. The van der Waals surface area contributed by atoms with E-state index in [0.29, 0.717) is 18.5 Å². The van der Waals surface area contributed by atoms with Crippen LogP contribution in [0.3, 0.4) is 0 Å². The molecule has 3 aromatic rings. The molecule has 0 radical (unpaired) electrons. The summed E-state index contributed by atoms with van der Waals surface area (Å²) in [4.78, 5) is 16.2. The first-order valence-electron chi connectivity index (χ1n) is 9.69. The summed E-state index contributed by atoms with van der Waals surface area (Å²) in [7, 11) is 0. The van der Waals surface area contributed by atoms with Crippen molar-refractivity contribution in [3.05, 3.63) is 95.6 Å². The van der Waals surface area contributed by atoms with Gasteiger partial charge in [0.1, 0.15) is 5.82 Å². The lowest BCUT2D eigenvalue weighted by Gasteiger charge is -2.08. The number of allylic oxidation sites excluding steroid dienone is 4. The van der Waals surface area contributed by atoms with Crippen LogP contribution in [0.4, 0.5) is 0 Å². The number of carboxylic acid groups (broad SMARTS) is 1. The molecule has 0 unspecified atom stereocenters. The van der Waals surface area contributed by atoms with Crippen LogP contribution in [0.1, 0.15) is 41.4 Å². The Morgan fingerprint density at radius 3 is 2.45 bits per heavy atom. The molecule has 0 aliphatic carbocycles. The predicted octanol–water partition coefficient (Wildman–Crippen LogP) is 4.93. The van der Waals surface area contributed by atoms with Crippen LogP contribution in [0.2, 0.25) is 0 Å². The van der Waals surface area contributed by atoms with Crippen LogP contribution in [0, 0.1) is 0 Å². The number of benzene rings is 2. The normalized spacial score (nSPS) is 11.5. The van der Waals surface area contributed by atoms with E-state index in [-0.39, 0.29) is 0 Å². The quantitative estimate of drug-likeness (QED) is 0.557. The number of nitrogens with zero attached hydrogens (tertiary/aromatic N) is 3. The van der Waals surface area contributed by atoms with Crippen molar-refractivity contribution in [2.75, 3.05) is 0 Å². The van der Waals surface area contributed by atoms with E-state index in [1.54, 1.807) is 12.1 Å². The Labute approximate surface area is 171 Å². The summed E-state index contributed by atoms with van der Waals surface area (Å²) < 4.78 is 1.94. The topological polar surface area (TPSA) is 68.0 Å². The number of hydrogen-bond acceptors (Lipinski definition) is 3. The molecule has 1 heterocycles. The highest BCUT2D eigenvalue weighted by atomic mass is 16.4. The van der Waals surface area contributed by atoms with Crippen LogP contribution >= 0.6 is 0 Å². The zero-order valence-electron chi connectivity index (χ0n) is 16.7. The minimum absolute atomic E-state index is 0.306. The first-order chi connectivity index (χ1) is 14.1. The molecule has 3 rings (SSSR count). The van der Waals surface area contributed by atoms with Gasteiger partial charge >= 0.3 is 5.97 Å².